The summed E-state index contributed by atoms with van der Waals surface area (Å²) in [6.07, 6.45) is 8.36. The van der Waals surface area contributed by atoms with E-state index in [0.29, 0.717) is 5.41 Å². The highest BCUT2D eigenvalue weighted by molar-refractivity contribution is 5.53. The van der Waals surface area contributed by atoms with Crippen LogP contribution in [0.2, 0.25) is 0 Å². The molecule has 0 spiro atoms. The number of rotatable bonds is 1. The lowest BCUT2D eigenvalue weighted by Crippen LogP contribution is -2.59. The van der Waals surface area contributed by atoms with E-state index in [1.165, 1.54) is 50.8 Å². The van der Waals surface area contributed by atoms with Crippen LogP contribution in [-0.2, 0) is 11.8 Å². The summed E-state index contributed by atoms with van der Waals surface area (Å²) in [5.41, 5.74) is 5.10. The number of anilines is 1. The summed E-state index contributed by atoms with van der Waals surface area (Å²) < 4.78 is 0. The zero-order valence-electron chi connectivity index (χ0n) is 12.8. The van der Waals surface area contributed by atoms with Crippen molar-refractivity contribution in [3.63, 3.8) is 0 Å². The van der Waals surface area contributed by atoms with Gasteiger partial charge in [-0.2, -0.15) is 0 Å². The van der Waals surface area contributed by atoms with Gasteiger partial charge in [-0.05, 0) is 68.5 Å². The van der Waals surface area contributed by atoms with E-state index in [0.717, 1.165) is 12.0 Å². The molecule has 3 aliphatic rings. The topological polar surface area (TPSA) is 15.3 Å². The molecule has 2 bridgehead atoms. The van der Waals surface area contributed by atoms with E-state index in [9.17, 15) is 0 Å². The van der Waals surface area contributed by atoms with E-state index >= 15 is 0 Å². The molecular formula is C18H26N2. The van der Waals surface area contributed by atoms with Crippen LogP contribution in [0.4, 0.5) is 5.69 Å². The molecule has 0 radical (unpaired) electrons. The van der Waals surface area contributed by atoms with Gasteiger partial charge in [-0.1, -0.05) is 18.9 Å². The van der Waals surface area contributed by atoms with E-state index in [-0.39, 0.29) is 0 Å². The second-order valence-corrected chi connectivity index (χ2v) is 7.13. The molecule has 1 aliphatic heterocycles. The highest BCUT2D eigenvalue weighted by atomic mass is 15.1. The second kappa shape index (κ2) is 4.49. The fraction of sp³-hybridized carbons (Fsp3) is 0.667. The number of nitrogens with one attached hydrogen (secondary N) is 1. The highest BCUT2D eigenvalue weighted by Crippen LogP contribution is 2.55. The van der Waals surface area contributed by atoms with Gasteiger partial charge in [-0.3, -0.25) is 0 Å². The van der Waals surface area contributed by atoms with E-state index in [4.69, 9.17) is 0 Å². The Morgan fingerprint density at radius 1 is 1.25 bits per heavy atom. The minimum Gasteiger partial charge on any atom is -0.388 e. The minimum atomic E-state index is 0.496. The third kappa shape index (κ3) is 1.60. The Bertz CT molecular complexity index is 524. The number of hydrogen-bond donors (Lipinski definition) is 1. The zero-order chi connectivity index (χ0) is 13.7. The molecule has 4 rings (SSSR count). The van der Waals surface area contributed by atoms with Crippen molar-refractivity contribution in [3.05, 3.63) is 29.3 Å². The van der Waals surface area contributed by atoms with Gasteiger partial charge in [-0.15, -0.1) is 0 Å². The number of likely N-dealkylation sites (tertiary alicyclic amines) is 1. The Morgan fingerprint density at radius 2 is 2.15 bits per heavy atom. The van der Waals surface area contributed by atoms with E-state index in [1.54, 1.807) is 11.1 Å². The van der Waals surface area contributed by atoms with Gasteiger partial charge in [0.05, 0.1) is 0 Å². The number of nitrogens with zero attached hydrogens (tertiary/aromatic N) is 1. The second-order valence-electron chi connectivity index (χ2n) is 7.13. The van der Waals surface area contributed by atoms with Crippen molar-refractivity contribution in [2.24, 2.45) is 5.92 Å². The number of hydrogen-bond acceptors (Lipinski definition) is 2. The summed E-state index contributed by atoms with van der Waals surface area (Å²) in [6.45, 7) is 1.28. The number of benzene rings is 1. The van der Waals surface area contributed by atoms with Crippen LogP contribution in [0.5, 0.6) is 0 Å². The van der Waals surface area contributed by atoms with Crippen LogP contribution in [0, 0.1) is 5.92 Å². The van der Waals surface area contributed by atoms with Crippen LogP contribution in [-0.4, -0.2) is 31.6 Å². The molecule has 0 aromatic heterocycles. The van der Waals surface area contributed by atoms with Crippen molar-refractivity contribution in [2.75, 3.05) is 26.0 Å². The molecule has 2 aliphatic carbocycles. The number of piperidine rings is 1. The Labute approximate surface area is 122 Å². The zero-order valence-corrected chi connectivity index (χ0v) is 12.8. The number of likely N-dealkylation sites (N-methyl/N-ethyl adjacent to an activating group) is 1. The minimum absolute atomic E-state index is 0.496. The highest BCUT2D eigenvalue weighted by Gasteiger charge is 2.52. The van der Waals surface area contributed by atoms with Gasteiger partial charge in [0.1, 0.15) is 0 Å². The third-order valence-corrected chi connectivity index (χ3v) is 6.40. The molecule has 0 amide bonds. The monoisotopic (exact) mass is 270 g/mol. The Balaban J connectivity index is 1.88. The molecular weight excluding hydrogens is 244 g/mol. The van der Waals surface area contributed by atoms with Crippen LogP contribution < -0.4 is 5.32 Å². The normalized spacial score (nSPS) is 36.1. The predicted octanol–water partition coefficient (Wildman–Crippen LogP) is 3.42. The fourth-order valence-electron chi connectivity index (χ4n) is 5.35. The summed E-state index contributed by atoms with van der Waals surface area (Å²) in [5.74, 6) is 0.898. The van der Waals surface area contributed by atoms with Crippen molar-refractivity contribution in [1.82, 2.24) is 4.90 Å². The molecule has 1 saturated carbocycles. The van der Waals surface area contributed by atoms with Gasteiger partial charge in [-0.25, -0.2) is 0 Å². The van der Waals surface area contributed by atoms with Crippen molar-refractivity contribution < 1.29 is 0 Å². The summed E-state index contributed by atoms with van der Waals surface area (Å²) in [7, 11) is 4.38. The van der Waals surface area contributed by atoms with Gasteiger partial charge in [0.25, 0.3) is 0 Å². The largest absolute Gasteiger partial charge is 0.388 e. The molecule has 1 aromatic carbocycles. The Morgan fingerprint density at radius 3 is 3.00 bits per heavy atom. The van der Waals surface area contributed by atoms with Crippen LogP contribution in [0.25, 0.3) is 0 Å². The van der Waals surface area contributed by atoms with Crippen molar-refractivity contribution in [1.29, 1.82) is 0 Å². The molecule has 2 nitrogen and oxygen atoms in total. The van der Waals surface area contributed by atoms with E-state index in [2.05, 4.69) is 35.5 Å². The third-order valence-electron chi connectivity index (χ3n) is 6.40. The van der Waals surface area contributed by atoms with Crippen LogP contribution in [0.1, 0.15) is 43.2 Å². The predicted molar refractivity (Wildman–Crippen MR) is 84.4 cm³/mol. The smallest absolute Gasteiger partial charge is 0.0340 e. The van der Waals surface area contributed by atoms with Crippen molar-refractivity contribution in [2.45, 2.75) is 50.0 Å². The number of fused-ring (bicyclic) bond motifs is 1. The van der Waals surface area contributed by atoms with Crippen LogP contribution >= 0.6 is 0 Å². The molecule has 108 valence electrons. The lowest BCUT2D eigenvalue weighted by atomic mass is 9.52. The Kier molecular flexibility index (Phi) is 2.85. The molecule has 3 atom stereocenters. The molecule has 1 aromatic rings. The standard InChI is InChI=1S/C18H26N2/c1-19-14-7-6-13-11-17-15-5-3-4-8-18(15,16(13)12-14)9-10-20(17)2/h6-7,12,15,17,19H,3-5,8-11H2,1-2H3/t15?,17-,18+/m1/s1. The Hall–Kier alpha value is -1.02. The van der Waals surface area contributed by atoms with Gasteiger partial charge in [0.2, 0.25) is 0 Å². The maximum absolute atomic E-state index is 3.34. The average molecular weight is 270 g/mol. The van der Waals surface area contributed by atoms with Gasteiger partial charge in [0.15, 0.2) is 0 Å². The molecule has 2 fully saturated rings. The maximum atomic E-state index is 3.34. The van der Waals surface area contributed by atoms with Crippen LogP contribution in [0.3, 0.4) is 0 Å². The molecule has 1 unspecified atom stereocenters. The van der Waals surface area contributed by atoms with Gasteiger partial charge >= 0.3 is 0 Å². The van der Waals surface area contributed by atoms with Crippen molar-refractivity contribution in [3.8, 4) is 0 Å². The molecule has 2 heteroatoms. The summed E-state index contributed by atoms with van der Waals surface area (Å²) >= 11 is 0. The lowest BCUT2D eigenvalue weighted by molar-refractivity contribution is 0.00290. The first-order valence-electron chi connectivity index (χ1n) is 8.26. The molecule has 1 N–H and O–H groups in total. The maximum Gasteiger partial charge on any atom is 0.0340 e. The summed E-state index contributed by atoms with van der Waals surface area (Å²) in [4.78, 5) is 2.64. The van der Waals surface area contributed by atoms with E-state index in [1.807, 2.05) is 7.05 Å². The quantitative estimate of drug-likeness (QED) is 0.841. The summed E-state index contributed by atoms with van der Waals surface area (Å²) in [6, 6.07) is 7.90. The van der Waals surface area contributed by atoms with Gasteiger partial charge < -0.3 is 10.2 Å². The van der Waals surface area contributed by atoms with Crippen LogP contribution in [0.15, 0.2) is 18.2 Å². The fourth-order valence-corrected chi connectivity index (χ4v) is 5.35. The molecule has 20 heavy (non-hydrogen) atoms. The lowest BCUT2D eigenvalue weighted by Gasteiger charge is -2.58. The van der Waals surface area contributed by atoms with Crippen molar-refractivity contribution >= 4 is 5.69 Å². The molecule has 1 heterocycles. The van der Waals surface area contributed by atoms with Gasteiger partial charge in [0, 0.05) is 24.2 Å². The first-order chi connectivity index (χ1) is 9.74. The average Bonchev–Trinajstić information content (AvgIpc) is 2.50. The SMILES string of the molecule is CNc1ccc2c(c1)[C@]13CCCCC1[C@@H](C2)N(C)CC3. The van der Waals surface area contributed by atoms with E-state index < -0.39 is 0 Å². The first kappa shape index (κ1) is 12.7. The first-order valence-corrected chi connectivity index (χ1v) is 8.26. The summed E-state index contributed by atoms with van der Waals surface area (Å²) in [5, 5.41) is 3.34. The molecule has 1 saturated heterocycles.